The smallest absolute Gasteiger partial charge is 0.237 e. The van der Waals surface area contributed by atoms with Crippen molar-refractivity contribution in [2.75, 3.05) is 7.11 Å². The highest BCUT2D eigenvalue weighted by Gasteiger charge is 2.19. The van der Waals surface area contributed by atoms with Gasteiger partial charge in [-0.05, 0) is 24.1 Å². The fraction of sp³-hybridized carbons (Fsp3) is 0.500. The van der Waals surface area contributed by atoms with Crippen molar-refractivity contribution in [3.8, 4) is 5.75 Å². The summed E-state index contributed by atoms with van der Waals surface area (Å²) in [4.78, 5) is 11.9. The van der Waals surface area contributed by atoms with Gasteiger partial charge in [-0.15, -0.1) is 12.4 Å². The van der Waals surface area contributed by atoms with E-state index in [1.54, 1.807) is 25.3 Å². The number of hydrogen-bond donors (Lipinski definition) is 2. The third-order valence-corrected chi connectivity index (χ3v) is 3.49. The first-order chi connectivity index (χ1) is 8.99. The van der Waals surface area contributed by atoms with Crippen LogP contribution in [0.15, 0.2) is 18.2 Å². The summed E-state index contributed by atoms with van der Waals surface area (Å²) in [7, 11) is 1.58. The van der Waals surface area contributed by atoms with Gasteiger partial charge in [-0.25, -0.2) is 0 Å². The molecule has 20 heavy (non-hydrogen) atoms. The molecule has 2 unspecified atom stereocenters. The summed E-state index contributed by atoms with van der Waals surface area (Å²) in [5.41, 5.74) is 6.70. The molecule has 0 aliphatic rings. The maximum atomic E-state index is 11.9. The van der Waals surface area contributed by atoms with Gasteiger partial charge in [0.15, 0.2) is 0 Å². The molecule has 0 radical (unpaired) electrons. The molecule has 1 aromatic carbocycles. The van der Waals surface area contributed by atoms with Crippen molar-refractivity contribution in [2.24, 2.45) is 11.7 Å². The second kappa shape index (κ2) is 9.06. The highest BCUT2D eigenvalue weighted by atomic mass is 35.5. The van der Waals surface area contributed by atoms with Crippen LogP contribution in [-0.4, -0.2) is 19.1 Å². The first-order valence-electron chi connectivity index (χ1n) is 6.35. The van der Waals surface area contributed by atoms with E-state index in [1.165, 1.54) is 0 Å². The van der Waals surface area contributed by atoms with Gasteiger partial charge in [0, 0.05) is 17.1 Å². The fourth-order valence-electron chi connectivity index (χ4n) is 1.70. The highest BCUT2D eigenvalue weighted by Crippen LogP contribution is 2.22. The molecule has 0 saturated carbocycles. The van der Waals surface area contributed by atoms with E-state index in [0.29, 0.717) is 17.3 Å². The molecule has 0 bridgehead atoms. The van der Waals surface area contributed by atoms with Crippen LogP contribution in [0.3, 0.4) is 0 Å². The Kier molecular flexibility index (Phi) is 8.62. The Labute approximate surface area is 131 Å². The number of halogens is 2. The zero-order chi connectivity index (χ0) is 14.4. The van der Waals surface area contributed by atoms with Crippen LogP contribution in [0.25, 0.3) is 0 Å². The Morgan fingerprint density at radius 3 is 2.70 bits per heavy atom. The lowest BCUT2D eigenvalue weighted by atomic mass is 9.99. The van der Waals surface area contributed by atoms with Crippen molar-refractivity contribution < 1.29 is 9.53 Å². The van der Waals surface area contributed by atoms with Crippen molar-refractivity contribution in [1.82, 2.24) is 5.32 Å². The summed E-state index contributed by atoms with van der Waals surface area (Å²) in [5, 5.41) is 3.42. The van der Waals surface area contributed by atoms with Gasteiger partial charge < -0.3 is 15.8 Å². The van der Waals surface area contributed by atoms with E-state index in [1.807, 2.05) is 13.8 Å². The summed E-state index contributed by atoms with van der Waals surface area (Å²) in [5.74, 6) is 0.694. The Hall–Kier alpha value is -0.970. The molecule has 1 aromatic rings. The van der Waals surface area contributed by atoms with Gasteiger partial charge in [0.2, 0.25) is 5.91 Å². The quantitative estimate of drug-likeness (QED) is 0.847. The number of carbonyl (C=O) groups is 1. The minimum Gasteiger partial charge on any atom is -0.496 e. The number of amides is 1. The maximum Gasteiger partial charge on any atom is 0.237 e. The average Bonchev–Trinajstić information content (AvgIpc) is 2.43. The van der Waals surface area contributed by atoms with E-state index in [2.05, 4.69) is 5.32 Å². The second-order valence-electron chi connectivity index (χ2n) is 4.59. The van der Waals surface area contributed by atoms with Crippen LogP contribution in [0.2, 0.25) is 5.02 Å². The number of ether oxygens (including phenoxy) is 1. The molecule has 0 heterocycles. The second-order valence-corrected chi connectivity index (χ2v) is 5.02. The average molecular weight is 321 g/mol. The lowest BCUT2D eigenvalue weighted by Gasteiger charge is -2.18. The van der Waals surface area contributed by atoms with Crippen molar-refractivity contribution >= 4 is 29.9 Å². The zero-order valence-corrected chi connectivity index (χ0v) is 13.6. The fourth-order valence-corrected chi connectivity index (χ4v) is 1.89. The van der Waals surface area contributed by atoms with Crippen LogP contribution in [0, 0.1) is 5.92 Å². The number of nitrogens with one attached hydrogen (secondary N) is 1. The summed E-state index contributed by atoms with van der Waals surface area (Å²) in [6.45, 7) is 4.33. The number of methoxy groups -OCH3 is 1. The SMILES string of the molecule is CCC(C)C(N)C(=O)NCc1cc(Cl)ccc1OC.Cl. The van der Waals surface area contributed by atoms with Gasteiger partial charge in [0.05, 0.1) is 13.2 Å². The van der Waals surface area contributed by atoms with Crippen molar-refractivity contribution in [2.45, 2.75) is 32.9 Å². The Balaban J connectivity index is 0.00000361. The molecule has 2 atom stereocenters. The van der Waals surface area contributed by atoms with Crippen LogP contribution in [-0.2, 0) is 11.3 Å². The lowest BCUT2D eigenvalue weighted by Crippen LogP contribution is -2.44. The first-order valence-corrected chi connectivity index (χ1v) is 6.73. The standard InChI is InChI=1S/C14H21ClN2O2.ClH/c1-4-9(2)13(16)14(18)17-8-10-7-11(15)5-6-12(10)19-3;/h5-7,9,13H,4,8,16H2,1-3H3,(H,17,18);1H. The molecule has 4 nitrogen and oxygen atoms in total. The predicted molar refractivity (Wildman–Crippen MR) is 84.5 cm³/mol. The summed E-state index contributed by atoms with van der Waals surface area (Å²) >= 11 is 5.93. The number of benzene rings is 1. The molecule has 0 fully saturated rings. The van der Waals surface area contributed by atoms with Gasteiger partial charge >= 0.3 is 0 Å². The topological polar surface area (TPSA) is 64.4 Å². The molecule has 0 aromatic heterocycles. The molecule has 1 amide bonds. The molecular weight excluding hydrogens is 299 g/mol. The van der Waals surface area contributed by atoms with Crippen molar-refractivity contribution in [3.63, 3.8) is 0 Å². The molecule has 6 heteroatoms. The van der Waals surface area contributed by atoms with Crippen LogP contribution in [0.4, 0.5) is 0 Å². The number of hydrogen-bond acceptors (Lipinski definition) is 3. The van der Waals surface area contributed by atoms with E-state index in [9.17, 15) is 4.79 Å². The van der Waals surface area contributed by atoms with Crippen molar-refractivity contribution in [3.05, 3.63) is 28.8 Å². The minimum absolute atomic E-state index is 0. The zero-order valence-electron chi connectivity index (χ0n) is 12.0. The molecule has 0 aliphatic heterocycles. The third-order valence-electron chi connectivity index (χ3n) is 3.26. The van der Waals surface area contributed by atoms with Gasteiger partial charge in [-0.3, -0.25) is 4.79 Å². The van der Waals surface area contributed by atoms with E-state index < -0.39 is 6.04 Å². The van der Waals surface area contributed by atoms with E-state index >= 15 is 0 Å². The molecule has 0 spiro atoms. The summed E-state index contributed by atoms with van der Waals surface area (Å²) in [6, 6.07) is 4.81. The highest BCUT2D eigenvalue weighted by molar-refractivity contribution is 6.30. The van der Waals surface area contributed by atoms with Crippen LogP contribution < -0.4 is 15.8 Å². The van der Waals surface area contributed by atoms with E-state index in [-0.39, 0.29) is 24.2 Å². The molecule has 3 N–H and O–H groups in total. The molecule has 114 valence electrons. The number of carbonyl (C=O) groups excluding carboxylic acids is 1. The van der Waals surface area contributed by atoms with Gasteiger partial charge in [0.1, 0.15) is 5.75 Å². The molecular formula is C14H22Cl2N2O2. The number of nitrogens with two attached hydrogens (primary N) is 1. The minimum atomic E-state index is -0.491. The van der Waals surface area contributed by atoms with Crippen molar-refractivity contribution in [1.29, 1.82) is 0 Å². The van der Waals surface area contributed by atoms with Crippen LogP contribution >= 0.6 is 24.0 Å². The molecule has 1 rings (SSSR count). The summed E-state index contributed by atoms with van der Waals surface area (Å²) < 4.78 is 5.22. The van der Waals surface area contributed by atoms with E-state index in [0.717, 1.165) is 12.0 Å². The molecule has 0 saturated heterocycles. The van der Waals surface area contributed by atoms with Crippen LogP contribution in [0.5, 0.6) is 5.75 Å². The van der Waals surface area contributed by atoms with Gasteiger partial charge in [-0.2, -0.15) is 0 Å². The lowest BCUT2D eigenvalue weighted by molar-refractivity contribution is -0.123. The maximum absolute atomic E-state index is 11.9. The Bertz CT molecular complexity index is 441. The predicted octanol–water partition coefficient (Wildman–Crippen LogP) is 2.76. The summed E-state index contributed by atoms with van der Waals surface area (Å²) in [6.07, 6.45) is 0.870. The Morgan fingerprint density at radius 1 is 1.50 bits per heavy atom. The number of rotatable bonds is 6. The van der Waals surface area contributed by atoms with Gasteiger partial charge in [0.25, 0.3) is 0 Å². The third kappa shape index (κ3) is 5.19. The first kappa shape index (κ1) is 19.0. The normalized spacial score (nSPS) is 13.1. The van der Waals surface area contributed by atoms with Gasteiger partial charge in [-0.1, -0.05) is 31.9 Å². The molecule has 0 aliphatic carbocycles. The largest absolute Gasteiger partial charge is 0.496 e. The monoisotopic (exact) mass is 320 g/mol. The van der Waals surface area contributed by atoms with Crippen LogP contribution in [0.1, 0.15) is 25.8 Å². The van der Waals surface area contributed by atoms with E-state index in [4.69, 9.17) is 22.1 Å². The Morgan fingerprint density at radius 2 is 2.15 bits per heavy atom.